The van der Waals surface area contributed by atoms with Crippen molar-refractivity contribution in [1.29, 1.82) is 0 Å². The molecule has 1 atom stereocenters. The van der Waals surface area contributed by atoms with Crippen LogP contribution < -0.4 is 11.5 Å². The van der Waals surface area contributed by atoms with Crippen LogP contribution in [0.3, 0.4) is 0 Å². The first-order valence-electron chi connectivity index (χ1n) is 3.68. The fraction of sp³-hybridized carbons (Fsp3) is 0.250. The van der Waals surface area contributed by atoms with Gasteiger partial charge in [-0.15, -0.1) is 0 Å². The van der Waals surface area contributed by atoms with E-state index < -0.39 is 11.5 Å². The minimum atomic E-state index is -1.47. The molecule has 5 N–H and O–H groups in total. The predicted molar refractivity (Wildman–Crippen MR) is 47.8 cm³/mol. The molecule has 0 aliphatic carbocycles. The van der Waals surface area contributed by atoms with Gasteiger partial charge in [0.05, 0.1) is 11.9 Å². The number of anilines is 1. The van der Waals surface area contributed by atoms with Gasteiger partial charge in [-0.05, 0) is 13.0 Å². The summed E-state index contributed by atoms with van der Waals surface area (Å²) in [5.41, 5.74) is 10.3. The number of hydrogen-bond acceptors (Lipinski definition) is 4. The molecule has 0 amide bonds. The van der Waals surface area contributed by atoms with Crippen molar-refractivity contribution >= 4 is 11.7 Å². The molecule has 5 heteroatoms. The van der Waals surface area contributed by atoms with E-state index >= 15 is 0 Å². The second-order valence-electron chi connectivity index (χ2n) is 2.97. The number of nitrogen functional groups attached to an aromatic ring is 1. The van der Waals surface area contributed by atoms with E-state index in [0.717, 1.165) is 0 Å². The normalized spacial score (nSPS) is 14.9. The zero-order valence-corrected chi connectivity index (χ0v) is 7.19. The molecular weight excluding hydrogens is 170 g/mol. The molecule has 0 bridgehead atoms. The van der Waals surface area contributed by atoms with Gasteiger partial charge in [0.1, 0.15) is 5.54 Å². The molecular formula is C8H11N3O2. The van der Waals surface area contributed by atoms with Crippen LogP contribution in [0.1, 0.15) is 12.5 Å². The second-order valence-corrected chi connectivity index (χ2v) is 2.97. The van der Waals surface area contributed by atoms with Crippen LogP contribution in [0.25, 0.3) is 0 Å². The molecule has 1 aromatic heterocycles. The van der Waals surface area contributed by atoms with Gasteiger partial charge in [-0.1, -0.05) is 0 Å². The molecule has 1 rings (SSSR count). The molecule has 13 heavy (non-hydrogen) atoms. The second kappa shape index (κ2) is 3.02. The smallest absolute Gasteiger partial charge is 0.328 e. The van der Waals surface area contributed by atoms with Crippen molar-refractivity contribution in [3.05, 3.63) is 24.0 Å². The number of carboxylic acids is 1. The van der Waals surface area contributed by atoms with Crippen molar-refractivity contribution in [2.45, 2.75) is 12.5 Å². The predicted octanol–water partition coefficient (Wildman–Crippen LogP) is -0.0777. The first-order valence-corrected chi connectivity index (χ1v) is 3.68. The van der Waals surface area contributed by atoms with Gasteiger partial charge in [0.15, 0.2) is 0 Å². The molecule has 70 valence electrons. The molecule has 1 heterocycles. The van der Waals surface area contributed by atoms with E-state index in [1.807, 2.05) is 0 Å². The summed E-state index contributed by atoms with van der Waals surface area (Å²) < 4.78 is 0. The lowest BCUT2D eigenvalue weighted by Crippen LogP contribution is -2.42. The zero-order valence-electron chi connectivity index (χ0n) is 7.19. The Morgan fingerprint density at radius 3 is 2.77 bits per heavy atom. The Bertz CT molecular complexity index is 336. The van der Waals surface area contributed by atoms with Gasteiger partial charge in [0.25, 0.3) is 0 Å². The van der Waals surface area contributed by atoms with Crippen LogP contribution in [-0.4, -0.2) is 16.1 Å². The summed E-state index contributed by atoms with van der Waals surface area (Å²) in [5.74, 6) is -1.12. The summed E-state index contributed by atoms with van der Waals surface area (Å²) in [6.45, 7) is 1.39. The number of carboxylic acid groups (broad SMARTS) is 1. The van der Waals surface area contributed by atoms with E-state index in [-0.39, 0.29) is 5.69 Å². The van der Waals surface area contributed by atoms with E-state index in [1.54, 1.807) is 0 Å². The third kappa shape index (κ3) is 1.59. The fourth-order valence-corrected chi connectivity index (χ4v) is 0.995. The Morgan fingerprint density at radius 2 is 2.31 bits per heavy atom. The number of rotatable bonds is 2. The summed E-state index contributed by atoms with van der Waals surface area (Å²) in [6, 6.07) is 1.50. The van der Waals surface area contributed by atoms with E-state index in [0.29, 0.717) is 5.56 Å². The minimum absolute atomic E-state index is 0.287. The SMILES string of the molecule is C[C@@](N)(C(=O)O)c1ccncc1N. The Balaban J connectivity index is 3.22. The standard InChI is InChI=1S/C8H11N3O2/c1-8(10,7(12)13)5-2-3-11-4-6(5)9/h2-4H,9-10H2,1H3,(H,12,13)/t8-/m0/s1. The van der Waals surface area contributed by atoms with Crippen LogP contribution in [0.4, 0.5) is 5.69 Å². The average molecular weight is 181 g/mol. The quantitative estimate of drug-likeness (QED) is 0.592. The van der Waals surface area contributed by atoms with Gasteiger partial charge < -0.3 is 16.6 Å². The van der Waals surface area contributed by atoms with Crippen LogP contribution in [0.15, 0.2) is 18.5 Å². The van der Waals surface area contributed by atoms with E-state index in [9.17, 15) is 4.79 Å². The highest BCUT2D eigenvalue weighted by Crippen LogP contribution is 2.22. The third-order valence-corrected chi connectivity index (χ3v) is 1.86. The number of nitrogens with two attached hydrogens (primary N) is 2. The molecule has 0 spiro atoms. The first kappa shape index (κ1) is 9.47. The number of aliphatic carboxylic acids is 1. The van der Waals surface area contributed by atoms with Crippen LogP contribution in [0.5, 0.6) is 0 Å². The van der Waals surface area contributed by atoms with E-state index in [2.05, 4.69) is 4.98 Å². The lowest BCUT2D eigenvalue weighted by Gasteiger charge is -2.20. The van der Waals surface area contributed by atoms with E-state index in [1.165, 1.54) is 25.4 Å². The van der Waals surface area contributed by atoms with E-state index in [4.69, 9.17) is 16.6 Å². The summed E-state index contributed by atoms with van der Waals surface area (Å²) in [6.07, 6.45) is 2.84. The maximum absolute atomic E-state index is 10.8. The van der Waals surface area contributed by atoms with Crippen molar-refractivity contribution in [3.63, 3.8) is 0 Å². The molecule has 0 fully saturated rings. The Kier molecular flexibility index (Phi) is 2.20. The van der Waals surface area contributed by atoms with Crippen LogP contribution in [0, 0.1) is 0 Å². The molecule has 0 saturated heterocycles. The summed E-state index contributed by atoms with van der Waals surface area (Å²) in [7, 11) is 0. The highest BCUT2D eigenvalue weighted by atomic mass is 16.4. The van der Waals surface area contributed by atoms with Crippen LogP contribution >= 0.6 is 0 Å². The fourth-order valence-electron chi connectivity index (χ4n) is 0.995. The van der Waals surface area contributed by atoms with Crippen molar-refractivity contribution in [2.24, 2.45) is 5.73 Å². The Morgan fingerprint density at radius 1 is 1.69 bits per heavy atom. The largest absolute Gasteiger partial charge is 0.480 e. The lowest BCUT2D eigenvalue weighted by atomic mass is 9.93. The maximum Gasteiger partial charge on any atom is 0.328 e. The highest BCUT2D eigenvalue weighted by molar-refractivity contribution is 5.82. The van der Waals surface area contributed by atoms with Gasteiger partial charge in [0.2, 0.25) is 0 Å². The molecule has 0 aliphatic heterocycles. The number of hydrogen-bond donors (Lipinski definition) is 3. The first-order chi connectivity index (χ1) is 5.96. The maximum atomic E-state index is 10.8. The number of carbonyl (C=O) groups is 1. The van der Waals surface area contributed by atoms with Crippen molar-refractivity contribution in [3.8, 4) is 0 Å². The average Bonchev–Trinajstić information content (AvgIpc) is 2.04. The summed E-state index contributed by atoms with van der Waals surface area (Å²) in [5, 5.41) is 8.82. The molecule has 0 unspecified atom stereocenters. The number of aromatic nitrogens is 1. The van der Waals surface area contributed by atoms with Gasteiger partial charge in [-0.3, -0.25) is 4.98 Å². The number of pyridine rings is 1. The van der Waals surface area contributed by atoms with Crippen LogP contribution in [0.2, 0.25) is 0 Å². The molecule has 1 aromatic rings. The van der Waals surface area contributed by atoms with Crippen molar-refractivity contribution in [2.75, 3.05) is 5.73 Å². The molecule has 0 radical (unpaired) electrons. The van der Waals surface area contributed by atoms with Gasteiger partial charge in [-0.25, -0.2) is 4.79 Å². The molecule has 5 nitrogen and oxygen atoms in total. The van der Waals surface area contributed by atoms with Crippen molar-refractivity contribution < 1.29 is 9.90 Å². The molecule has 0 aromatic carbocycles. The highest BCUT2D eigenvalue weighted by Gasteiger charge is 2.31. The Hall–Kier alpha value is -1.62. The van der Waals surface area contributed by atoms with Gasteiger partial charge in [-0.2, -0.15) is 0 Å². The monoisotopic (exact) mass is 181 g/mol. The molecule has 0 aliphatic rings. The molecule has 0 saturated carbocycles. The zero-order chi connectivity index (χ0) is 10.1. The third-order valence-electron chi connectivity index (χ3n) is 1.86. The van der Waals surface area contributed by atoms with Gasteiger partial charge in [0, 0.05) is 11.8 Å². The summed E-state index contributed by atoms with van der Waals surface area (Å²) >= 11 is 0. The number of nitrogens with zero attached hydrogens (tertiary/aromatic N) is 1. The van der Waals surface area contributed by atoms with Gasteiger partial charge >= 0.3 is 5.97 Å². The van der Waals surface area contributed by atoms with Crippen molar-refractivity contribution in [1.82, 2.24) is 4.98 Å². The Labute approximate surface area is 75.4 Å². The lowest BCUT2D eigenvalue weighted by molar-refractivity contribution is -0.143. The topological polar surface area (TPSA) is 102 Å². The summed E-state index contributed by atoms with van der Waals surface area (Å²) in [4.78, 5) is 14.5. The minimum Gasteiger partial charge on any atom is -0.480 e. The van der Waals surface area contributed by atoms with Crippen LogP contribution in [-0.2, 0) is 10.3 Å².